The average molecular weight is 400 g/mol. The highest BCUT2D eigenvalue weighted by molar-refractivity contribution is 8.00. The maximum absolute atomic E-state index is 5.89. The van der Waals surface area contributed by atoms with Crippen molar-refractivity contribution in [2.75, 3.05) is 0 Å². The van der Waals surface area contributed by atoms with Crippen molar-refractivity contribution in [3.63, 3.8) is 0 Å². The molecule has 0 bridgehead atoms. The lowest BCUT2D eigenvalue weighted by Crippen LogP contribution is -2.51. The van der Waals surface area contributed by atoms with Crippen molar-refractivity contribution < 1.29 is 4.74 Å². The van der Waals surface area contributed by atoms with Crippen LogP contribution in [-0.4, -0.2) is 18.4 Å². The van der Waals surface area contributed by atoms with Crippen molar-refractivity contribution in [3.8, 4) is 0 Å². The Kier molecular flexibility index (Phi) is 4.70. The van der Waals surface area contributed by atoms with E-state index >= 15 is 0 Å². The van der Waals surface area contributed by atoms with Gasteiger partial charge in [0.1, 0.15) is 0 Å². The van der Waals surface area contributed by atoms with Crippen LogP contribution in [0, 0.1) is 0 Å². The molecule has 1 aliphatic rings. The van der Waals surface area contributed by atoms with E-state index in [4.69, 9.17) is 74.3 Å². The van der Waals surface area contributed by atoms with Crippen molar-refractivity contribution in [1.29, 1.82) is 0 Å². The highest BCUT2D eigenvalue weighted by Gasteiger charge is 2.67. The normalized spacial score (nSPS) is 18.9. The molecule has 0 saturated heterocycles. The topological polar surface area (TPSA) is 21.6 Å². The standard InChI is InChI=1S/C10H5Cl6NOS/c11-9(12,13)8(10(14,15)16)18-7(17-19-8)6-4-2-1-3-5-6/h1-5H. The Morgan fingerprint density at radius 1 is 0.947 bits per heavy atom. The van der Waals surface area contributed by atoms with Crippen molar-refractivity contribution in [1.82, 2.24) is 0 Å². The maximum atomic E-state index is 5.89. The van der Waals surface area contributed by atoms with Crippen LogP contribution in [0.2, 0.25) is 0 Å². The summed E-state index contributed by atoms with van der Waals surface area (Å²) < 4.78 is 5.72. The first-order valence-corrected chi connectivity index (χ1v) is 7.85. The quantitative estimate of drug-likeness (QED) is 0.456. The molecule has 2 rings (SSSR count). The third kappa shape index (κ3) is 3.03. The first kappa shape index (κ1) is 16.2. The molecule has 0 unspecified atom stereocenters. The summed E-state index contributed by atoms with van der Waals surface area (Å²) in [4.78, 5) is -1.75. The largest absolute Gasteiger partial charge is 0.448 e. The molecule has 0 aliphatic carbocycles. The highest BCUT2D eigenvalue weighted by atomic mass is 35.6. The van der Waals surface area contributed by atoms with Crippen LogP contribution in [0.25, 0.3) is 0 Å². The second kappa shape index (κ2) is 5.53. The minimum atomic E-state index is -1.98. The van der Waals surface area contributed by atoms with Gasteiger partial charge in [0.05, 0.1) is 0 Å². The van der Waals surface area contributed by atoms with E-state index in [2.05, 4.69) is 4.40 Å². The Hall–Kier alpha value is 0.780. The summed E-state index contributed by atoms with van der Waals surface area (Å²) in [7, 11) is 0. The Morgan fingerprint density at radius 3 is 1.89 bits per heavy atom. The Balaban J connectivity index is 2.35. The van der Waals surface area contributed by atoms with Gasteiger partial charge in [0.2, 0.25) is 13.5 Å². The van der Waals surface area contributed by atoms with Gasteiger partial charge in [0.25, 0.3) is 4.93 Å². The van der Waals surface area contributed by atoms with Gasteiger partial charge in [-0.1, -0.05) is 87.8 Å². The lowest BCUT2D eigenvalue weighted by atomic mass is 10.2. The van der Waals surface area contributed by atoms with Crippen molar-refractivity contribution in [3.05, 3.63) is 35.9 Å². The minimum Gasteiger partial charge on any atom is -0.448 e. The zero-order valence-electron chi connectivity index (χ0n) is 8.92. The van der Waals surface area contributed by atoms with Crippen molar-refractivity contribution in [2.45, 2.75) is 12.5 Å². The number of benzene rings is 1. The second-order valence-electron chi connectivity index (χ2n) is 3.57. The summed E-state index contributed by atoms with van der Waals surface area (Å²) in [5.74, 6) is 0.239. The van der Waals surface area contributed by atoms with Gasteiger partial charge in [0.15, 0.2) is 0 Å². The lowest BCUT2D eigenvalue weighted by molar-refractivity contribution is 0.169. The molecular formula is C10H5Cl6NOS. The molecule has 0 radical (unpaired) electrons. The summed E-state index contributed by atoms with van der Waals surface area (Å²) >= 11 is 36.1. The van der Waals surface area contributed by atoms with Gasteiger partial charge in [0, 0.05) is 17.5 Å². The van der Waals surface area contributed by atoms with E-state index in [1.807, 2.05) is 18.2 Å². The van der Waals surface area contributed by atoms with Gasteiger partial charge < -0.3 is 4.74 Å². The molecule has 1 heterocycles. The van der Waals surface area contributed by atoms with Gasteiger partial charge in [-0.3, -0.25) is 0 Å². The number of hydrogen-bond donors (Lipinski definition) is 0. The third-order valence-corrected chi connectivity index (χ3v) is 5.74. The highest BCUT2D eigenvalue weighted by Crippen LogP contribution is 2.62. The summed E-state index contributed by atoms with van der Waals surface area (Å²) in [6, 6.07) is 9.05. The first-order chi connectivity index (χ1) is 8.67. The maximum Gasteiger partial charge on any atom is 0.269 e. The predicted octanol–water partition coefficient (Wildman–Crippen LogP) is 5.55. The van der Waals surface area contributed by atoms with Crippen LogP contribution in [0.1, 0.15) is 5.56 Å². The van der Waals surface area contributed by atoms with Gasteiger partial charge in [-0.05, 0) is 12.1 Å². The molecule has 2 nitrogen and oxygen atoms in total. The summed E-state index contributed by atoms with van der Waals surface area (Å²) in [5.41, 5.74) is 0.695. The molecular weight excluding hydrogens is 395 g/mol. The molecule has 0 spiro atoms. The Labute approximate surface area is 144 Å². The van der Waals surface area contributed by atoms with Crippen LogP contribution >= 0.6 is 81.6 Å². The van der Waals surface area contributed by atoms with Gasteiger partial charge >= 0.3 is 0 Å². The van der Waals surface area contributed by atoms with Crippen LogP contribution in [0.5, 0.6) is 0 Å². The monoisotopic (exact) mass is 397 g/mol. The zero-order valence-corrected chi connectivity index (χ0v) is 14.3. The van der Waals surface area contributed by atoms with E-state index in [0.29, 0.717) is 5.56 Å². The molecule has 19 heavy (non-hydrogen) atoms. The van der Waals surface area contributed by atoms with E-state index in [1.54, 1.807) is 12.1 Å². The van der Waals surface area contributed by atoms with Crippen LogP contribution in [0.4, 0.5) is 0 Å². The Morgan fingerprint density at radius 2 is 1.47 bits per heavy atom. The first-order valence-electron chi connectivity index (χ1n) is 4.81. The Bertz CT molecular complexity index is 481. The molecule has 9 heteroatoms. The van der Waals surface area contributed by atoms with Gasteiger partial charge in [-0.2, -0.15) is 4.40 Å². The van der Waals surface area contributed by atoms with Crippen LogP contribution in [0.3, 0.4) is 0 Å². The number of rotatable bonds is 1. The smallest absolute Gasteiger partial charge is 0.269 e. The number of ether oxygens (including phenoxy) is 1. The van der Waals surface area contributed by atoms with E-state index in [1.165, 1.54) is 0 Å². The van der Waals surface area contributed by atoms with Crippen molar-refractivity contribution in [2.24, 2.45) is 4.40 Å². The fraction of sp³-hybridized carbons (Fsp3) is 0.300. The lowest BCUT2D eigenvalue weighted by Gasteiger charge is -2.38. The molecule has 1 aliphatic heterocycles. The summed E-state index contributed by atoms with van der Waals surface area (Å²) in [6.45, 7) is 0. The molecule has 0 fully saturated rings. The molecule has 0 amide bonds. The average Bonchev–Trinajstić information content (AvgIpc) is 2.75. The molecule has 1 aromatic rings. The molecule has 1 aromatic carbocycles. The number of halogens is 6. The van der Waals surface area contributed by atoms with E-state index in [9.17, 15) is 0 Å². The number of nitrogens with zero attached hydrogens (tertiary/aromatic N) is 1. The van der Waals surface area contributed by atoms with E-state index in [0.717, 1.165) is 11.9 Å². The van der Waals surface area contributed by atoms with E-state index < -0.39 is 12.5 Å². The second-order valence-corrected chi connectivity index (χ2v) is 9.07. The summed E-state index contributed by atoms with van der Waals surface area (Å²) in [5, 5.41) is 0. The number of alkyl halides is 6. The molecule has 0 aromatic heterocycles. The molecule has 0 atom stereocenters. The van der Waals surface area contributed by atoms with Crippen molar-refractivity contribution >= 4 is 87.5 Å². The minimum absolute atomic E-state index is 0.239. The van der Waals surface area contributed by atoms with Crippen LogP contribution in [-0.2, 0) is 4.74 Å². The van der Waals surface area contributed by atoms with E-state index in [-0.39, 0.29) is 5.90 Å². The fourth-order valence-corrected chi connectivity index (χ4v) is 4.17. The predicted molar refractivity (Wildman–Crippen MR) is 85.0 cm³/mol. The third-order valence-electron chi connectivity index (χ3n) is 2.26. The van der Waals surface area contributed by atoms with Crippen LogP contribution in [0.15, 0.2) is 34.7 Å². The molecule has 0 saturated carbocycles. The molecule has 0 N–H and O–H groups in total. The molecule has 104 valence electrons. The fourth-order valence-electron chi connectivity index (χ4n) is 1.35. The zero-order chi connectivity index (χ0) is 14.3. The number of hydrogen-bond acceptors (Lipinski definition) is 3. The van der Waals surface area contributed by atoms with Gasteiger partial charge in [-0.25, -0.2) is 0 Å². The van der Waals surface area contributed by atoms with Gasteiger partial charge in [-0.15, -0.1) is 0 Å². The van der Waals surface area contributed by atoms with Crippen LogP contribution < -0.4 is 0 Å². The summed E-state index contributed by atoms with van der Waals surface area (Å²) in [6.07, 6.45) is 0. The SMILES string of the molecule is ClC(Cl)(Cl)C1(C(Cl)(Cl)Cl)OC(c2ccccc2)=NS1.